The first-order chi connectivity index (χ1) is 12.7. The van der Waals surface area contributed by atoms with E-state index in [1.54, 1.807) is 0 Å². The predicted molar refractivity (Wildman–Crippen MR) is 105 cm³/mol. The summed E-state index contributed by atoms with van der Waals surface area (Å²) >= 11 is 0. The van der Waals surface area contributed by atoms with Crippen LogP contribution in [-0.4, -0.2) is 22.8 Å². The van der Waals surface area contributed by atoms with Crippen LogP contribution in [0, 0.1) is 18.3 Å². The molecule has 0 radical (unpaired) electrons. The summed E-state index contributed by atoms with van der Waals surface area (Å²) in [5.41, 5.74) is 2.94. The number of Topliss-reactive ketones (excluding diaryl/α,β-unsaturated/α-hetero) is 1. The highest BCUT2D eigenvalue weighted by atomic mass is 16.1. The molecule has 2 bridgehead atoms. The third-order valence-corrected chi connectivity index (χ3v) is 6.02. The number of hydrogen-bond donors (Lipinski definition) is 0. The standard InChI is InChI=1S/C24H25NO/c1-2-18-10-6-11-20(14-18)24(26)21-15-22-12-7-13-23(16-21)25(22)17-19-8-4-3-5-9-19/h1,3-6,8-11,14,21-23H,7,12-13,15-17H2. The minimum atomic E-state index is 0.130. The summed E-state index contributed by atoms with van der Waals surface area (Å²) in [5, 5.41) is 0. The quantitative estimate of drug-likeness (QED) is 0.593. The number of carbonyl (C=O) groups is 1. The average Bonchev–Trinajstić information content (AvgIpc) is 2.68. The third-order valence-electron chi connectivity index (χ3n) is 6.02. The number of hydrogen-bond acceptors (Lipinski definition) is 2. The Labute approximate surface area is 156 Å². The largest absolute Gasteiger partial charge is 0.294 e. The molecule has 2 aliphatic rings. The Balaban J connectivity index is 1.50. The molecule has 2 nitrogen and oxygen atoms in total. The van der Waals surface area contributed by atoms with Gasteiger partial charge in [-0.25, -0.2) is 0 Å². The first-order valence-corrected chi connectivity index (χ1v) is 9.65. The molecule has 2 aromatic rings. The Morgan fingerprint density at radius 1 is 1.04 bits per heavy atom. The molecule has 0 N–H and O–H groups in total. The van der Waals surface area contributed by atoms with Crippen LogP contribution in [0.1, 0.15) is 53.6 Å². The fourth-order valence-electron chi connectivity index (χ4n) is 4.74. The van der Waals surface area contributed by atoms with Crippen LogP contribution in [0.3, 0.4) is 0 Å². The Morgan fingerprint density at radius 2 is 1.77 bits per heavy atom. The van der Waals surface area contributed by atoms with E-state index in [1.807, 2.05) is 24.3 Å². The van der Waals surface area contributed by atoms with Crippen molar-refractivity contribution in [2.75, 3.05) is 0 Å². The minimum absolute atomic E-state index is 0.130. The summed E-state index contributed by atoms with van der Waals surface area (Å²) < 4.78 is 0. The van der Waals surface area contributed by atoms with E-state index in [0.717, 1.165) is 30.5 Å². The molecule has 2 saturated heterocycles. The van der Waals surface area contributed by atoms with Crippen molar-refractivity contribution in [3.05, 3.63) is 71.3 Å². The second kappa shape index (κ2) is 7.48. The molecule has 2 atom stereocenters. The average molecular weight is 343 g/mol. The van der Waals surface area contributed by atoms with Crippen molar-refractivity contribution in [1.29, 1.82) is 0 Å². The molecule has 0 aliphatic carbocycles. The van der Waals surface area contributed by atoms with Gasteiger partial charge in [-0.2, -0.15) is 0 Å². The molecule has 0 saturated carbocycles. The predicted octanol–water partition coefficient (Wildman–Crippen LogP) is 4.68. The van der Waals surface area contributed by atoms with Gasteiger partial charge in [-0.1, -0.05) is 54.8 Å². The van der Waals surface area contributed by atoms with Gasteiger partial charge >= 0.3 is 0 Å². The van der Waals surface area contributed by atoms with Crippen molar-refractivity contribution in [2.24, 2.45) is 5.92 Å². The number of fused-ring (bicyclic) bond motifs is 2. The van der Waals surface area contributed by atoms with Crippen LogP contribution in [0.5, 0.6) is 0 Å². The molecule has 26 heavy (non-hydrogen) atoms. The molecule has 0 amide bonds. The van der Waals surface area contributed by atoms with E-state index in [2.05, 4.69) is 41.2 Å². The van der Waals surface area contributed by atoms with E-state index in [1.165, 1.54) is 24.8 Å². The van der Waals surface area contributed by atoms with Gasteiger partial charge in [-0.15, -0.1) is 6.42 Å². The summed E-state index contributed by atoms with van der Waals surface area (Å²) in [6, 6.07) is 19.3. The van der Waals surface area contributed by atoms with E-state index >= 15 is 0 Å². The molecule has 2 heterocycles. The molecule has 2 aliphatic heterocycles. The minimum Gasteiger partial charge on any atom is -0.294 e. The van der Waals surface area contributed by atoms with Crippen LogP contribution in [0.2, 0.25) is 0 Å². The van der Waals surface area contributed by atoms with Gasteiger partial charge in [0.2, 0.25) is 0 Å². The lowest BCUT2D eigenvalue weighted by atomic mass is 9.75. The zero-order valence-corrected chi connectivity index (χ0v) is 15.1. The topological polar surface area (TPSA) is 20.3 Å². The van der Waals surface area contributed by atoms with Crippen LogP contribution in [0.25, 0.3) is 0 Å². The van der Waals surface area contributed by atoms with Crippen LogP contribution in [0.4, 0.5) is 0 Å². The number of piperidine rings is 2. The normalized spacial score (nSPS) is 25.4. The molecular formula is C24H25NO. The van der Waals surface area contributed by atoms with Gasteiger partial charge in [0.25, 0.3) is 0 Å². The van der Waals surface area contributed by atoms with Gasteiger partial charge in [0.1, 0.15) is 0 Å². The van der Waals surface area contributed by atoms with E-state index < -0.39 is 0 Å². The summed E-state index contributed by atoms with van der Waals surface area (Å²) in [6.07, 6.45) is 11.1. The number of benzene rings is 2. The van der Waals surface area contributed by atoms with Crippen LogP contribution >= 0.6 is 0 Å². The first kappa shape index (κ1) is 17.1. The Hall–Kier alpha value is -2.37. The van der Waals surface area contributed by atoms with Gasteiger partial charge in [-0.05, 0) is 43.4 Å². The number of ketones is 1. The molecular weight excluding hydrogens is 318 g/mol. The fourth-order valence-corrected chi connectivity index (χ4v) is 4.74. The monoisotopic (exact) mass is 343 g/mol. The van der Waals surface area contributed by atoms with Crippen LogP contribution in [-0.2, 0) is 6.54 Å². The SMILES string of the molecule is C#Cc1cccc(C(=O)C2CC3CCCC(C2)N3Cc2ccccc2)c1. The second-order valence-corrected chi connectivity index (χ2v) is 7.65. The highest BCUT2D eigenvalue weighted by Crippen LogP contribution is 2.39. The summed E-state index contributed by atoms with van der Waals surface area (Å²) in [7, 11) is 0. The molecule has 2 aromatic carbocycles. The maximum atomic E-state index is 13.1. The zero-order valence-electron chi connectivity index (χ0n) is 15.1. The van der Waals surface area contributed by atoms with Crippen LogP contribution in [0.15, 0.2) is 54.6 Å². The molecule has 0 spiro atoms. The molecule has 2 unspecified atom stereocenters. The first-order valence-electron chi connectivity index (χ1n) is 9.65. The molecule has 2 heteroatoms. The number of rotatable bonds is 4. The third kappa shape index (κ3) is 3.45. The second-order valence-electron chi connectivity index (χ2n) is 7.65. The molecule has 4 rings (SSSR count). The maximum Gasteiger partial charge on any atom is 0.166 e. The molecule has 0 aromatic heterocycles. The van der Waals surface area contributed by atoms with Crippen LogP contribution < -0.4 is 0 Å². The fraction of sp³-hybridized carbons (Fsp3) is 0.375. The lowest BCUT2D eigenvalue weighted by Crippen LogP contribution is -2.52. The molecule has 2 fully saturated rings. The van der Waals surface area contributed by atoms with Gasteiger partial charge < -0.3 is 0 Å². The van der Waals surface area contributed by atoms with E-state index in [0.29, 0.717) is 12.1 Å². The molecule has 132 valence electrons. The Morgan fingerprint density at radius 3 is 2.46 bits per heavy atom. The number of carbonyl (C=O) groups excluding carboxylic acids is 1. The van der Waals surface area contributed by atoms with Crippen molar-refractivity contribution in [2.45, 2.75) is 50.7 Å². The van der Waals surface area contributed by atoms with E-state index in [9.17, 15) is 4.79 Å². The van der Waals surface area contributed by atoms with Gasteiger partial charge in [0, 0.05) is 35.7 Å². The summed E-state index contributed by atoms with van der Waals surface area (Å²) in [4.78, 5) is 15.7. The van der Waals surface area contributed by atoms with Crippen molar-refractivity contribution < 1.29 is 4.79 Å². The lowest BCUT2D eigenvalue weighted by molar-refractivity contribution is 0.00906. The Kier molecular flexibility index (Phi) is 4.91. The highest BCUT2D eigenvalue weighted by molar-refractivity contribution is 5.98. The van der Waals surface area contributed by atoms with E-state index in [-0.39, 0.29) is 11.7 Å². The summed E-state index contributed by atoms with van der Waals surface area (Å²) in [6.45, 7) is 1.00. The summed E-state index contributed by atoms with van der Waals surface area (Å²) in [5.74, 6) is 3.05. The number of terminal acetylenes is 1. The van der Waals surface area contributed by atoms with E-state index in [4.69, 9.17) is 6.42 Å². The van der Waals surface area contributed by atoms with Gasteiger partial charge in [0.05, 0.1) is 0 Å². The van der Waals surface area contributed by atoms with Gasteiger partial charge in [0.15, 0.2) is 5.78 Å². The number of nitrogens with zero attached hydrogens (tertiary/aromatic N) is 1. The van der Waals surface area contributed by atoms with Crippen molar-refractivity contribution in [3.8, 4) is 12.3 Å². The highest BCUT2D eigenvalue weighted by Gasteiger charge is 2.40. The Bertz CT molecular complexity index is 806. The van der Waals surface area contributed by atoms with Gasteiger partial charge in [-0.3, -0.25) is 9.69 Å². The zero-order chi connectivity index (χ0) is 17.9. The maximum absolute atomic E-state index is 13.1. The van der Waals surface area contributed by atoms with Crippen molar-refractivity contribution in [1.82, 2.24) is 4.90 Å². The van der Waals surface area contributed by atoms with Crippen molar-refractivity contribution in [3.63, 3.8) is 0 Å². The smallest absolute Gasteiger partial charge is 0.166 e. The lowest BCUT2D eigenvalue weighted by Gasteiger charge is -2.48. The van der Waals surface area contributed by atoms with Crippen molar-refractivity contribution >= 4 is 5.78 Å².